The topological polar surface area (TPSA) is 78.8 Å². The van der Waals surface area contributed by atoms with Gasteiger partial charge in [0.2, 0.25) is 0 Å². The Morgan fingerprint density at radius 3 is 2.63 bits per heavy atom. The molecule has 102 valence electrons. The van der Waals surface area contributed by atoms with Gasteiger partial charge in [0.25, 0.3) is 0 Å². The van der Waals surface area contributed by atoms with Gasteiger partial charge in [0, 0.05) is 4.47 Å². The van der Waals surface area contributed by atoms with Gasteiger partial charge in [-0.2, -0.15) is 5.10 Å². The van der Waals surface area contributed by atoms with Gasteiger partial charge in [0.05, 0.1) is 17.2 Å². The molecule has 8 heteroatoms. The third kappa shape index (κ3) is 3.32. The Morgan fingerprint density at radius 1 is 1.37 bits per heavy atom. The minimum Gasteiger partial charge on any atom is -0.303 e. The van der Waals surface area contributed by atoms with Crippen molar-refractivity contribution in [2.24, 2.45) is 5.10 Å². The molecule has 0 bridgehead atoms. The van der Waals surface area contributed by atoms with Gasteiger partial charge in [0.15, 0.2) is 9.84 Å². The van der Waals surface area contributed by atoms with E-state index >= 15 is 0 Å². The second-order valence-corrected chi connectivity index (χ2v) is 7.03. The summed E-state index contributed by atoms with van der Waals surface area (Å²) in [5.41, 5.74) is 2.93. The smallest absolute Gasteiger partial charge is 0.303 e. The molecule has 2 amide bonds. The third-order valence-corrected chi connectivity index (χ3v) is 4.72. The van der Waals surface area contributed by atoms with Crippen LogP contribution in [0.15, 0.2) is 38.7 Å². The maximum absolute atomic E-state index is 12.2. The molecule has 0 saturated heterocycles. The van der Waals surface area contributed by atoms with Crippen LogP contribution in [0.25, 0.3) is 0 Å². The number of hydrazone groups is 1. The number of sulfone groups is 1. The van der Waals surface area contributed by atoms with E-state index in [9.17, 15) is 13.2 Å². The third-order valence-electron chi connectivity index (χ3n) is 2.55. The highest BCUT2D eigenvalue weighted by molar-refractivity contribution is 9.10. The van der Waals surface area contributed by atoms with Crippen LogP contribution in [-0.4, -0.2) is 37.5 Å². The molecule has 0 fully saturated rings. The van der Waals surface area contributed by atoms with Crippen LogP contribution in [-0.2, 0) is 9.84 Å². The second-order valence-electron chi connectivity index (χ2n) is 4.16. The summed E-state index contributed by atoms with van der Waals surface area (Å²) in [6.07, 6.45) is 0. The first-order valence-corrected chi connectivity index (χ1v) is 7.89. The number of hydrogen-bond donors (Lipinski definition) is 1. The van der Waals surface area contributed by atoms with Gasteiger partial charge in [-0.05, 0) is 31.2 Å². The number of carbonyl (C=O) groups excluding carboxylic acids is 1. The molecule has 1 aliphatic heterocycles. The van der Waals surface area contributed by atoms with Crippen LogP contribution in [0.3, 0.4) is 0 Å². The lowest BCUT2D eigenvalue weighted by Gasteiger charge is -2.25. The average molecular weight is 346 g/mol. The second kappa shape index (κ2) is 5.30. The van der Waals surface area contributed by atoms with Crippen molar-refractivity contribution in [2.75, 3.05) is 12.4 Å². The summed E-state index contributed by atoms with van der Waals surface area (Å²) in [4.78, 5) is 12.9. The van der Waals surface area contributed by atoms with E-state index in [0.29, 0.717) is 5.71 Å². The van der Waals surface area contributed by atoms with Crippen molar-refractivity contribution in [3.05, 3.63) is 28.7 Å². The van der Waals surface area contributed by atoms with Crippen LogP contribution in [0.1, 0.15) is 6.92 Å². The van der Waals surface area contributed by atoms with Crippen LogP contribution in [0, 0.1) is 0 Å². The van der Waals surface area contributed by atoms with Gasteiger partial charge < -0.3 is 4.90 Å². The van der Waals surface area contributed by atoms with E-state index in [1.165, 1.54) is 17.0 Å². The van der Waals surface area contributed by atoms with Gasteiger partial charge in [0.1, 0.15) is 5.88 Å². The minimum atomic E-state index is -3.54. The summed E-state index contributed by atoms with van der Waals surface area (Å²) >= 11 is 3.24. The molecule has 1 aliphatic rings. The number of hydrogen-bond acceptors (Lipinski definition) is 4. The maximum Gasteiger partial charge on any atom is 0.339 e. The first kappa shape index (κ1) is 14.0. The van der Waals surface area contributed by atoms with Crippen molar-refractivity contribution in [2.45, 2.75) is 11.8 Å². The number of urea groups is 1. The molecule has 0 unspecified atom stereocenters. The van der Waals surface area contributed by atoms with Crippen molar-refractivity contribution in [3.8, 4) is 0 Å². The molecule has 2 rings (SSSR count). The standard InChI is InChI=1S/C11H12BrN3O3S/c1-8-6-15(11(16)14-13-8)7-19(17,18)10-4-2-9(12)3-5-10/h2-5H,6-7H2,1H3,(H,14,16). The van der Waals surface area contributed by atoms with Crippen LogP contribution < -0.4 is 5.43 Å². The number of benzene rings is 1. The van der Waals surface area contributed by atoms with E-state index in [1.807, 2.05) is 0 Å². The van der Waals surface area contributed by atoms with Crippen molar-refractivity contribution in [1.29, 1.82) is 0 Å². The lowest BCUT2D eigenvalue weighted by Crippen LogP contribution is -2.47. The zero-order chi connectivity index (χ0) is 14.0. The zero-order valence-corrected chi connectivity index (χ0v) is 12.5. The Morgan fingerprint density at radius 2 is 2.00 bits per heavy atom. The molecular formula is C11H12BrN3O3S. The summed E-state index contributed by atoms with van der Waals surface area (Å²) in [5, 5.41) is 3.75. The maximum atomic E-state index is 12.2. The fraction of sp³-hybridized carbons (Fsp3) is 0.273. The van der Waals surface area contributed by atoms with Gasteiger partial charge in [-0.1, -0.05) is 15.9 Å². The van der Waals surface area contributed by atoms with Gasteiger partial charge >= 0.3 is 6.03 Å². The summed E-state index contributed by atoms with van der Waals surface area (Å²) in [6, 6.07) is 5.79. The number of halogens is 1. The van der Waals surface area contributed by atoms with E-state index in [-0.39, 0.29) is 17.3 Å². The SMILES string of the molecule is CC1=NNC(=O)N(CS(=O)(=O)c2ccc(Br)cc2)C1. The molecule has 0 aromatic heterocycles. The summed E-state index contributed by atoms with van der Waals surface area (Å²) in [5.74, 6) is -0.368. The van der Waals surface area contributed by atoms with Crippen LogP contribution >= 0.6 is 15.9 Å². The molecule has 0 atom stereocenters. The Balaban J connectivity index is 2.20. The monoisotopic (exact) mass is 345 g/mol. The van der Waals surface area contributed by atoms with E-state index < -0.39 is 15.9 Å². The summed E-state index contributed by atoms with van der Waals surface area (Å²) in [7, 11) is -3.54. The molecule has 1 heterocycles. The Bertz CT molecular complexity index is 625. The van der Waals surface area contributed by atoms with Gasteiger partial charge in [-0.15, -0.1) is 0 Å². The van der Waals surface area contributed by atoms with E-state index in [0.717, 1.165) is 4.47 Å². The van der Waals surface area contributed by atoms with Crippen molar-refractivity contribution in [3.63, 3.8) is 0 Å². The molecule has 0 spiro atoms. The van der Waals surface area contributed by atoms with E-state index in [4.69, 9.17) is 0 Å². The predicted octanol–water partition coefficient (Wildman–Crippen LogP) is 1.58. The average Bonchev–Trinajstić information content (AvgIpc) is 2.34. The molecule has 0 saturated carbocycles. The highest BCUT2D eigenvalue weighted by atomic mass is 79.9. The molecule has 1 aromatic rings. The number of nitrogens with zero attached hydrogens (tertiary/aromatic N) is 2. The number of carbonyl (C=O) groups is 1. The minimum absolute atomic E-state index is 0.184. The van der Waals surface area contributed by atoms with Crippen molar-refractivity contribution in [1.82, 2.24) is 10.3 Å². The molecule has 1 N–H and O–H groups in total. The quantitative estimate of drug-likeness (QED) is 0.903. The summed E-state index contributed by atoms with van der Waals surface area (Å²) < 4.78 is 25.2. The first-order chi connectivity index (χ1) is 8.88. The molecule has 19 heavy (non-hydrogen) atoms. The fourth-order valence-corrected chi connectivity index (χ4v) is 3.21. The first-order valence-electron chi connectivity index (χ1n) is 5.45. The molecular weight excluding hydrogens is 334 g/mol. The van der Waals surface area contributed by atoms with Crippen molar-refractivity contribution < 1.29 is 13.2 Å². The highest BCUT2D eigenvalue weighted by Crippen LogP contribution is 2.17. The summed E-state index contributed by atoms with van der Waals surface area (Å²) in [6.45, 7) is 1.93. The largest absolute Gasteiger partial charge is 0.339 e. The Kier molecular flexibility index (Phi) is 3.91. The number of nitrogens with one attached hydrogen (secondary N) is 1. The molecule has 0 radical (unpaired) electrons. The Labute approximate surface area is 119 Å². The highest BCUT2D eigenvalue weighted by Gasteiger charge is 2.25. The zero-order valence-electron chi connectivity index (χ0n) is 10.1. The van der Waals surface area contributed by atoms with Crippen LogP contribution in [0.5, 0.6) is 0 Å². The van der Waals surface area contributed by atoms with Crippen LogP contribution in [0.4, 0.5) is 4.79 Å². The lowest BCUT2D eigenvalue weighted by atomic mass is 10.4. The number of rotatable bonds is 3. The van der Waals surface area contributed by atoms with Crippen LogP contribution in [0.2, 0.25) is 0 Å². The molecule has 6 nitrogen and oxygen atoms in total. The molecule has 0 aliphatic carbocycles. The lowest BCUT2D eigenvalue weighted by molar-refractivity contribution is 0.209. The number of amides is 2. The van der Waals surface area contributed by atoms with E-state index in [2.05, 4.69) is 26.5 Å². The Hall–Kier alpha value is -1.41. The van der Waals surface area contributed by atoms with E-state index in [1.54, 1.807) is 19.1 Å². The van der Waals surface area contributed by atoms with Gasteiger partial charge in [-0.3, -0.25) is 0 Å². The fourth-order valence-electron chi connectivity index (χ4n) is 1.62. The molecule has 1 aromatic carbocycles. The van der Waals surface area contributed by atoms with Gasteiger partial charge in [-0.25, -0.2) is 18.6 Å². The normalized spacial score (nSPS) is 16.0. The van der Waals surface area contributed by atoms with Crippen molar-refractivity contribution >= 4 is 37.5 Å². The predicted molar refractivity (Wildman–Crippen MR) is 74.5 cm³/mol.